The summed E-state index contributed by atoms with van der Waals surface area (Å²) >= 11 is 0. The summed E-state index contributed by atoms with van der Waals surface area (Å²) in [6, 6.07) is 0.503. The van der Waals surface area contributed by atoms with Crippen molar-refractivity contribution in [2.75, 3.05) is 0 Å². The molecule has 1 aromatic rings. The topological polar surface area (TPSA) is 48.1 Å². The van der Waals surface area contributed by atoms with Crippen molar-refractivity contribution in [2.45, 2.75) is 12.9 Å². The van der Waals surface area contributed by atoms with Crippen molar-refractivity contribution in [3.63, 3.8) is 0 Å². The quantitative estimate of drug-likeness (QED) is 0.619. The van der Waals surface area contributed by atoms with E-state index in [1.54, 1.807) is 0 Å². The molecule has 0 bridgehead atoms. The monoisotopic (exact) mass is 228 g/mol. The maximum absolute atomic E-state index is 12.5. The Bertz CT molecular complexity index is 365. The molecule has 15 heavy (non-hydrogen) atoms. The lowest BCUT2D eigenvalue weighted by molar-refractivity contribution is -0.276. The zero-order valence-corrected chi connectivity index (χ0v) is 7.11. The van der Waals surface area contributed by atoms with E-state index < -0.39 is 30.6 Å². The molecule has 0 aliphatic heterocycles. The summed E-state index contributed by atoms with van der Waals surface area (Å²) in [6.45, 7) is -0.449. The molecule has 0 atom stereocenters. The minimum Gasteiger partial charge on any atom is -0.387 e. The van der Waals surface area contributed by atoms with Gasteiger partial charge in [0.2, 0.25) is 5.88 Å². The van der Waals surface area contributed by atoms with E-state index in [0.717, 1.165) is 0 Å². The van der Waals surface area contributed by atoms with Crippen molar-refractivity contribution in [3.8, 4) is 5.88 Å². The van der Waals surface area contributed by atoms with Gasteiger partial charge in [-0.1, -0.05) is 0 Å². The average molecular weight is 228 g/mol. The molecule has 8 heteroatoms. The molecule has 0 aromatic carbocycles. The first-order chi connectivity index (χ1) is 6.83. The summed E-state index contributed by atoms with van der Waals surface area (Å²) in [5, 5.41) is 0. The Hall–Kier alpha value is -1.44. The first-order valence-corrected chi connectivity index (χ1v) is 3.64. The lowest BCUT2D eigenvalue weighted by Crippen LogP contribution is -2.20. The number of halogens is 5. The Kier molecular flexibility index (Phi) is 3.08. The fourth-order valence-electron chi connectivity index (χ4n) is 0.833. The molecule has 0 unspecified atom stereocenters. The van der Waals surface area contributed by atoms with Crippen LogP contribution in [0.3, 0.4) is 0 Å². The third-order valence-corrected chi connectivity index (χ3v) is 1.40. The van der Waals surface area contributed by atoms with Gasteiger partial charge in [-0.2, -0.15) is 9.37 Å². The largest absolute Gasteiger partial charge is 0.574 e. The number of hydrogen-bond acceptors (Lipinski definition) is 3. The van der Waals surface area contributed by atoms with Crippen LogP contribution in [0.4, 0.5) is 22.0 Å². The van der Waals surface area contributed by atoms with Crippen LogP contribution in [0.15, 0.2) is 6.07 Å². The zero-order valence-electron chi connectivity index (χ0n) is 7.11. The van der Waals surface area contributed by atoms with Gasteiger partial charge in [0.25, 0.3) is 5.95 Å². The van der Waals surface area contributed by atoms with Crippen molar-refractivity contribution in [2.24, 2.45) is 5.73 Å². The Morgan fingerprint density at radius 2 is 1.93 bits per heavy atom. The van der Waals surface area contributed by atoms with Gasteiger partial charge in [0.05, 0.1) is 0 Å². The maximum atomic E-state index is 12.5. The number of nitrogens with zero attached hydrogens (tertiary/aromatic N) is 1. The van der Waals surface area contributed by atoms with E-state index in [4.69, 9.17) is 5.73 Å². The van der Waals surface area contributed by atoms with Crippen LogP contribution in [0, 0.1) is 11.8 Å². The number of nitrogens with two attached hydrogens (primary N) is 1. The number of pyridine rings is 1. The molecule has 0 saturated heterocycles. The van der Waals surface area contributed by atoms with Crippen LogP contribution in [0.1, 0.15) is 5.56 Å². The normalized spacial score (nSPS) is 11.6. The van der Waals surface area contributed by atoms with Crippen LogP contribution in [0.5, 0.6) is 5.88 Å². The fourth-order valence-corrected chi connectivity index (χ4v) is 0.833. The lowest BCUT2D eigenvalue weighted by atomic mass is 10.2. The molecule has 0 aliphatic rings. The molecule has 1 heterocycles. The second-order valence-corrected chi connectivity index (χ2v) is 2.48. The van der Waals surface area contributed by atoms with E-state index in [1.807, 2.05) is 0 Å². The van der Waals surface area contributed by atoms with E-state index in [0.29, 0.717) is 6.07 Å². The zero-order chi connectivity index (χ0) is 11.6. The van der Waals surface area contributed by atoms with E-state index in [9.17, 15) is 22.0 Å². The minimum atomic E-state index is -5.03. The molecule has 0 fully saturated rings. The van der Waals surface area contributed by atoms with Gasteiger partial charge in [-0.3, -0.25) is 0 Å². The van der Waals surface area contributed by atoms with E-state index in [1.165, 1.54) is 0 Å². The van der Waals surface area contributed by atoms with E-state index in [2.05, 4.69) is 9.72 Å². The van der Waals surface area contributed by atoms with Crippen LogP contribution < -0.4 is 10.5 Å². The average Bonchev–Trinajstić information content (AvgIpc) is 2.08. The SMILES string of the molecule is NCc1cc(F)c(F)nc1OC(F)(F)F. The van der Waals surface area contributed by atoms with E-state index >= 15 is 0 Å². The Labute approximate surface area is 80.7 Å². The summed E-state index contributed by atoms with van der Waals surface area (Å²) in [5.41, 5.74) is 4.64. The van der Waals surface area contributed by atoms with Gasteiger partial charge in [0.1, 0.15) is 0 Å². The predicted molar refractivity (Wildman–Crippen MR) is 38.7 cm³/mol. The van der Waals surface area contributed by atoms with Gasteiger partial charge in [-0.05, 0) is 6.07 Å². The molecular formula is C7H5F5N2O. The summed E-state index contributed by atoms with van der Waals surface area (Å²) in [5.74, 6) is -4.14. The van der Waals surface area contributed by atoms with Gasteiger partial charge in [0, 0.05) is 12.1 Å². The molecule has 0 spiro atoms. The Morgan fingerprint density at radius 3 is 2.40 bits per heavy atom. The van der Waals surface area contributed by atoms with Gasteiger partial charge in [-0.15, -0.1) is 13.2 Å². The number of hydrogen-bond donors (Lipinski definition) is 1. The first-order valence-electron chi connectivity index (χ1n) is 3.64. The van der Waals surface area contributed by atoms with Crippen LogP contribution >= 0.6 is 0 Å². The van der Waals surface area contributed by atoms with Gasteiger partial charge in [0.15, 0.2) is 5.82 Å². The van der Waals surface area contributed by atoms with Crippen molar-refractivity contribution in [3.05, 3.63) is 23.4 Å². The first kappa shape index (κ1) is 11.6. The Morgan fingerprint density at radius 1 is 1.33 bits per heavy atom. The minimum absolute atomic E-state index is 0.369. The summed E-state index contributed by atoms with van der Waals surface area (Å²) in [7, 11) is 0. The molecule has 84 valence electrons. The fraction of sp³-hybridized carbons (Fsp3) is 0.286. The Balaban J connectivity index is 3.11. The second kappa shape index (κ2) is 3.97. The molecule has 0 aliphatic carbocycles. The highest BCUT2D eigenvalue weighted by atomic mass is 19.4. The number of alkyl halides is 3. The lowest BCUT2D eigenvalue weighted by Gasteiger charge is -2.11. The van der Waals surface area contributed by atoms with Gasteiger partial charge >= 0.3 is 6.36 Å². The van der Waals surface area contributed by atoms with Crippen LogP contribution in [0.25, 0.3) is 0 Å². The molecule has 1 aromatic heterocycles. The standard InChI is InChI=1S/C7H5F5N2O/c8-4-1-3(2-13)6(14-5(4)9)15-7(10,11)12/h1H,2,13H2. The van der Waals surface area contributed by atoms with Crippen LogP contribution in [-0.4, -0.2) is 11.3 Å². The van der Waals surface area contributed by atoms with Gasteiger partial charge in [-0.25, -0.2) is 4.39 Å². The van der Waals surface area contributed by atoms with Gasteiger partial charge < -0.3 is 10.5 Å². The highest BCUT2D eigenvalue weighted by Crippen LogP contribution is 2.25. The molecule has 0 amide bonds. The van der Waals surface area contributed by atoms with Crippen molar-refractivity contribution in [1.82, 2.24) is 4.98 Å². The maximum Gasteiger partial charge on any atom is 0.574 e. The summed E-state index contributed by atoms with van der Waals surface area (Å²) in [6.07, 6.45) is -5.03. The predicted octanol–water partition coefficient (Wildman–Crippen LogP) is 1.72. The molecular weight excluding hydrogens is 223 g/mol. The van der Waals surface area contributed by atoms with Crippen molar-refractivity contribution >= 4 is 0 Å². The highest BCUT2D eigenvalue weighted by Gasteiger charge is 2.33. The van der Waals surface area contributed by atoms with Crippen LogP contribution in [-0.2, 0) is 6.54 Å². The number of rotatable bonds is 2. The summed E-state index contributed by atoms with van der Waals surface area (Å²) < 4.78 is 63.7. The third kappa shape index (κ3) is 3.01. The number of aromatic nitrogens is 1. The molecule has 0 radical (unpaired) electrons. The van der Waals surface area contributed by atoms with Crippen molar-refractivity contribution < 1.29 is 26.7 Å². The number of ether oxygens (including phenoxy) is 1. The second-order valence-electron chi connectivity index (χ2n) is 2.48. The molecule has 2 N–H and O–H groups in total. The van der Waals surface area contributed by atoms with Crippen LogP contribution in [0.2, 0.25) is 0 Å². The highest BCUT2D eigenvalue weighted by molar-refractivity contribution is 5.26. The molecule has 1 rings (SSSR count). The third-order valence-electron chi connectivity index (χ3n) is 1.40. The smallest absolute Gasteiger partial charge is 0.387 e. The molecule has 0 saturated carbocycles. The van der Waals surface area contributed by atoms with E-state index in [-0.39, 0.29) is 5.56 Å². The summed E-state index contributed by atoms with van der Waals surface area (Å²) in [4.78, 5) is 2.66. The van der Waals surface area contributed by atoms with Crippen molar-refractivity contribution in [1.29, 1.82) is 0 Å². The molecule has 3 nitrogen and oxygen atoms in total.